The lowest BCUT2D eigenvalue weighted by molar-refractivity contribution is 0.0276. The molecular formula is C13H24N2O3S2. The molecule has 0 aliphatic heterocycles. The second kappa shape index (κ2) is 7.51. The van der Waals surface area contributed by atoms with E-state index in [4.69, 9.17) is 4.74 Å². The Balaban J connectivity index is 2.64. The summed E-state index contributed by atoms with van der Waals surface area (Å²) in [5.74, 6) is 0. The molecule has 2 N–H and O–H groups in total. The fourth-order valence-electron chi connectivity index (χ4n) is 1.44. The highest BCUT2D eigenvalue weighted by Crippen LogP contribution is 2.22. The first-order valence-corrected chi connectivity index (χ1v) is 8.95. The predicted octanol–water partition coefficient (Wildman–Crippen LogP) is 1.60. The van der Waals surface area contributed by atoms with Gasteiger partial charge in [0, 0.05) is 18.5 Å². The lowest BCUT2D eigenvalue weighted by Gasteiger charge is -2.22. The third-order valence-electron chi connectivity index (χ3n) is 2.94. The SMILES string of the molecule is CCNCCc1ccc(S(=O)(=O)NCC(C)(C)OC)s1. The summed E-state index contributed by atoms with van der Waals surface area (Å²) in [6.45, 7) is 7.75. The Kier molecular flexibility index (Phi) is 6.60. The first-order chi connectivity index (χ1) is 9.30. The van der Waals surface area contributed by atoms with Crippen LogP contribution in [0.25, 0.3) is 0 Å². The Labute approximate surface area is 125 Å². The molecule has 0 spiro atoms. The zero-order chi connectivity index (χ0) is 15.2. The van der Waals surface area contributed by atoms with Crippen molar-refractivity contribution in [1.82, 2.24) is 10.0 Å². The molecule has 116 valence electrons. The Bertz CT molecular complexity index is 509. The first-order valence-electron chi connectivity index (χ1n) is 6.65. The van der Waals surface area contributed by atoms with Crippen LogP contribution >= 0.6 is 11.3 Å². The van der Waals surface area contributed by atoms with Gasteiger partial charge >= 0.3 is 0 Å². The van der Waals surface area contributed by atoms with Gasteiger partial charge in [0.05, 0.1) is 5.60 Å². The lowest BCUT2D eigenvalue weighted by Crippen LogP contribution is -2.39. The molecular weight excluding hydrogens is 296 g/mol. The maximum atomic E-state index is 12.2. The van der Waals surface area contributed by atoms with Gasteiger partial charge in [-0.15, -0.1) is 11.3 Å². The highest BCUT2D eigenvalue weighted by molar-refractivity contribution is 7.91. The zero-order valence-corrected chi connectivity index (χ0v) is 14.2. The van der Waals surface area contributed by atoms with Gasteiger partial charge in [-0.3, -0.25) is 0 Å². The van der Waals surface area contributed by atoms with E-state index >= 15 is 0 Å². The fraction of sp³-hybridized carbons (Fsp3) is 0.692. The van der Waals surface area contributed by atoms with Crippen molar-refractivity contribution >= 4 is 21.4 Å². The average Bonchev–Trinajstić information content (AvgIpc) is 2.87. The average molecular weight is 320 g/mol. The molecule has 5 nitrogen and oxygen atoms in total. The highest BCUT2D eigenvalue weighted by Gasteiger charge is 2.22. The van der Waals surface area contributed by atoms with Crippen molar-refractivity contribution in [3.05, 3.63) is 17.0 Å². The molecule has 1 aromatic rings. The van der Waals surface area contributed by atoms with Crippen LogP contribution in [0.1, 0.15) is 25.6 Å². The van der Waals surface area contributed by atoms with Gasteiger partial charge in [0.2, 0.25) is 10.0 Å². The second-order valence-electron chi connectivity index (χ2n) is 5.11. The summed E-state index contributed by atoms with van der Waals surface area (Å²) in [4.78, 5) is 1.07. The quantitative estimate of drug-likeness (QED) is 0.678. The Morgan fingerprint density at radius 3 is 2.65 bits per heavy atom. The van der Waals surface area contributed by atoms with Crippen LogP contribution in [0.2, 0.25) is 0 Å². The molecule has 0 atom stereocenters. The van der Waals surface area contributed by atoms with Gasteiger partial charge in [-0.1, -0.05) is 6.92 Å². The first kappa shape index (κ1) is 17.6. The normalized spacial score (nSPS) is 12.8. The molecule has 0 amide bonds. The fourth-order valence-corrected chi connectivity index (χ4v) is 4.04. The molecule has 0 aliphatic rings. The summed E-state index contributed by atoms with van der Waals surface area (Å²) in [5.41, 5.74) is -0.516. The van der Waals surface area contributed by atoms with E-state index in [0.29, 0.717) is 4.21 Å². The van der Waals surface area contributed by atoms with Crippen molar-refractivity contribution in [2.24, 2.45) is 0 Å². The van der Waals surface area contributed by atoms with E-state index in [1.54, 1.807) is 13.2 Å². The minimum absolute atomic E-state index is 0.246. The number of thiophene rings is 1. The van der Waals surface area contributed by atoms with Gasteiger partial charge in [0.1, 0.15) is 4.21 Å². The van der Waals surface area contributed by atoms with E-state index in [9.17, 15) is 8.42 Å². The molecule has 1 rings (SSSR count). The number of hydrogen-bond donors (Lipinski definition) is 2. The number of methoxy groups -OCH3 is 1. The monoisotopic (exact) mass is 320 g/mol. The van der Waals surface area contributed by atoms with Gasteiger partial charge in [-0.2, -0.15) is 0 Å². The van der Waals surface area contributed by atoms with Crippen LogP contribution < -0.4 is 10.0 Å². The summed E-state index contributed by atoms with van der Waals surface area (Å²) in [7, 11) is -1.88. The van der Waals surface area contributed by atoms with Crippen LogP contribution in [0.15, 0.2) is 16.3 Å². The molecule has 0 saturated heterocycles. The number of rotatable bonds is 9. The third kappa shape index (κ3) is 5.49. The lowest BCUT2D eigenvalue weighted by atomic mass is 10.1. The summed E-state index contributed by atoms with van der Waals surface area (Å²) < 4.78 is 32.5. The van der Waals surface area contributed by atoms with Crippen molar-refractivity contribution in [2.45, 2.75) is 37.0 Å². The minimum Gasteiger partial charge on any atom is -0.377 e. The van der Waals surface area contributed by atoms with Crippen LogP contribution in [0.3, 0.4) is 0 Å². The number of hydrogen-bond acceptors (Lipinski definition) is 5. The Morgan fingerprint density at radius 2 is 2.05 bits per heavy atom. The Morgan fingerprint density at radius 1 is 1.35 bits per heavy atom. The van der Waals surface area contributed by atoms with Crippen molar-refractivity contribution < 1.29 is 13.2 Å². The maximum absolute atomic E-state index is 12.2. The van der Waals surface area contributed by atoms with E-state index in [1.807, 2.05) is 26.8 Å². The molecule has 0 aliphatic carbocycles. The molecule has 0 bridgehead atoms. The molecule has 0 saturated carbocycles. The number of sulfonamides is 1. The van der Waals surface area contributed by atoms with Gasteiger partial charge < -0.3 is 10.1 Å². The summed E-state index contributed by atoms with van der Waals surface area (Å²) in [6.07, 6.45) is 0.845. The highest BCUT2D eigenvalue weighted by atomic mass is 32.2. The number of ether oxygens (including phenoxy) is 1. The van der Waals surface area contributed by atoms with Crippen LogP contribution in [0, 0.1) is 0 Å². The number of likely N-dealkylation sites (N-methyl/N-ethyl adjacent to an activating group) is 1. The van der Waals surface area contributed by atoms with Gasteiger partial charge in [0.15, 0.2) is 0 Å². The maximum Gasteiger partial charge on any atom is 0.250 e. The van der Waals surface area contributed by atoms with Gasteiger partial charge in [-0.05, 0) is 45.5 Å². The van der Waals surface area contributed by atoms with Crippen LogP contribution in [0.5, 0.6) is 0 Å². The number of nitrogens with one attached hydrogen (secondary N) is 2. The van der Waals surface area contributed by atoms with Crippen molar-refractivity contribution in [3.63, 3.8) is 0 Å². The van der Waals surface area contributed by atoms with E-state index < -0.39 is 15.6 Å². The molecule has 0 unspecified atom stereocenters. The van der Waals surface area contributed by atoms with E-state index in [-0.39, 0.29) is 6.54 Å². The molecule has 0 aromatic carbocycles. The largest absolute Gasteiger partial charge is 0.377 e. The van der Waals surface area contributed by atoms with Crippen molar-refractivity contribution in [2.75, 3.05) is 26.7 Å². The minimum atomic E-state index is -3.45. The van der Waals surface area contributed by atoms with Gasteiger partial charge in [0.25, 0.3) is 0 Å². The summed E-state index contributed by atoms with van der Waals surface area (Å²) in [5, 5.41) is 3.22. The Hall–Kier alpha value is -0.470. The van der Waals surface area contributed by atoms with Gasteiger partial charge in [-0.25, -0.2) is 13.1 Å². The molecule has 20 heavy (non-hydrogen) atoms. The van der Waals surface area contributed by atoms with Crippen LogP contribution in [0.4, 0.5) is 0 Å². The molecule has 1 heterocycles. The van der Waals surface area contributed by atoms with E-state index in [1.165, 1.54) is 11.3 Å². The molecule has 7 heteroatoms. The zero-order valence-electron chi connectivity index (χ0n) is 12.5. The van der Waals surface area contributed by atoms with Crippen LogP contribution in [-0.4, -0.2) is 40.8 Å². The summed E-state index contributed by atoms with van der Waals surface area (Å²) >= 11 is 1.32. The summed E-state index contributed by atoms with van der Waals surface area (Å²) in [6, 6.07) is 3.53. The third-order valence-corrected chi connectivity index (χ3v) is 5.98. The van der Waals surface area contributed by atoms with E-state index in [2.05, 4.69) is 10.0 Å². The molecule has 0 radical (unpaired) electrons. The topological polar surface area (TPSA) is 67.4 Å². The molecule has 0 fully saturated rings. The smallest absolute Gasteiger partial charge is 0.250 e. The van der Waals surface area contributed by atoms with Crippen molar-refractivity contribution in [3.8, 4) is 0 Å². The standard InChI is InChI=1S/C13H24N2O3S2/c1-5-14-9-8-11-6-7-12(19-11)20(16,17)15-10-13(2,3)18-4/h6-7,14-15H,5,8-10H2,1-4H3. The molecule has 1 aromatic heterocycles. The van der Waals surface area contributed by atoms with Crippen LogP contribution in [-0.2, 0) is 21.2 Å². The van der Waals surface area contributed by atoms with Crippen molar-refractivity contribution in [1.29, 1.82) is 0 Å². The second-order valence-corrected chi connectivity index (χ2v) is 8.27. The predicted molar refractivity (Wildman–Crippen MR) is 82.8 cm³/mol. The van der Waals surface area contributed by atoms with E-state index in [0.717, 1.165) is 24.4 Å².